The average molecular weight is 264 g/mol. The second-order valence-electron chi connectivity index (χ2n) is 4.11. The molecular formula is C14H16O5. The minimum absolute atomic E-state index is 0.144. The topological polar surface area (TPSA) is 80.7 Å². The number of benzene rings is 1. The SMILES string of the molecule is CCC(=O)OCC(C(=O)O)C(=O)c1ccccc1C. The zero-order chi connectivity index (χ0) is 14.4. The van der Waals surface area contributed by atoms with Gasteiger partial charge in [-0.15, -0.1) is 0 Å². The molecule has 0 saturated carbocycles. The van der Waals surface area contributed by atoms with E-state index in [-0.39, 0.29) is 6.42 Å². The normalized spacial score (nSPS) is 11.7. The Balaban J connectivity index is 2.88. The number of carbonyl (C=O) groups is 3. The van der Waals surface area contributed by atoms with E-state index < -0.39 is 30.2 Å². The number of rotatable bonds is 6. The number of aliphatic carboxylic acids is 1. The first-order valence-corrected chi connectivity index (χ1v) is 5.95. The van der Waals surface area contributed by atoms with Gasteiger partial charge in [-0.05, 0) is 12.5 Å². The van der Waals surface area contributed by atoms with E-state index in [1.165, 1.54) is 0 Å². The van der Waals surface area contributed by atoms with Crippen molar-refractivity contribution in [3.63, 3.8) is 0 Å². The summed E-state index contributed by atoms with van der Waals surface area (Å²) in [5.41, 5.74) is 1.03. The van der Waals surface area contributed by atoms with Gasteiger partial charge in [-0.3, -0.25) is 14.4 Å². The first-order valence-electron chi connectivity index (χ1n) is 5.95. The van der Waals surface area contributed by atoms with Crippen LogP contribution in [-0.4, -0.2) is 29.4 Å². The summed E-state index contributed by atoms with van der Waals surface area (Å²) in [6, 6.07) is 6.72. The Morgan fingerprint density at radius 2 is 1.89 bits per heavy atom. The number of Topliss-reactive ketones (excluding diaryl/α,β-unsaturated/α-hetero) is 1. The number of carbonyl (C=O) groups excluding carboxylic acids is 2. The molecule has 0 fully saturated rings. The first kappa shape index (κ1) is 14.9. The van der Waals surface area contributed by atoms with Crippen molar-refractivity contribution < 1.29 is 24.2 Å². The van der Waals surface area contributed by atoms with E-state index in [0.29, 0.717) is 11.1 Å². The number of hydrogen-bond acceptors (Lipinski definition) is 4. The molecule has 5 nitrogen and oxygen atoms in total. The Labute approximate surface area is 111 Å². The van der Waals surface area contributed by atoms with E-state index in [1.807, 2.05) is 0 Å². The molecule has 0 amide bonds. The van der Waals surface area contributed by atoms with Crippen molar-refractivity contribution in [3.05, 3.63) is 35.4 Å². The Bertz CT molecular complexity index is 492. The van der Waals surface area contributed by atoms with Crippen LogP contribution in [0, 0.1) is 12.8 Å². The van der Waals surface area contributed by atoms with E-state index >= 15 is 0 Å². The van der Waals surface area contributed by atoms with Crippen LogP contribution in [0.15, 0.2) is 24.3 Å². The second-order valence-corrected chi connectivity index (χ2v) is 4.11. The summed E-state index contributed by atoms with van der Waals surface area (Å²) >= 11 is 0. The lowest BCUT2D eigenvalue weighted by molar-refractivity contribution is -0.148. The van der Waals surface area contributed by atoms with Crippen LogP contribution in [-0.2, 0) is 14.3 Å². The summed E-state index contributed by atoms with van der Waals surface area (Å²) in [5.74, 6) is -3.73. The van der Waals surface area contributed by atoms with E-state index in [9.17, 15) is 14.4 Å². The molecule has 102 valence electrons. The molecule has 0 saturated heterocycles. The maximum Gasteiger partial charge on any atom is 0.317 e. The summed E-state index contributed by atoms with van der Waals surface area (Å²) in [7, 11) is 0. The van der Waals surface area contributed by atoms with Crippen LogP contribution in [0.2, 0.25) is 0 Å². The number of esters is 1. The third-order valence-corrected chi connectivity index (χ3v) is 2.72. The van der Waals surface area contributed by atoms with Gasteiger partial charge in [-0.2, -0.15) is 0 Å². The Morgan fingerprint density at radius 1 is 1.26 bits per heavy atom. The zero-order valence-electron chi connectivity index (χ0n) is 10.9. The second kappa shape index (κ2) is 6.68. The molecule has 1 unspecified atom stereocenters. The number of ketones is 1. The fourth-order valence-corrected chi connectivity index (χ4v) is 1.57. The van der Waals surface area contributed by atoms with Crippen molar-refractivity contribution in [2.45, 2.75) is 20.3 Å². The lowest BCUT2D eigenvalue weighted by Crippen LogP contribution is -2.30. The third kappa shape index (κ3) is 3.91. The largest absolute Gasteiger partial charge is 0.481 e. The predicted molar refractivity (Wildman–Crippen MR) is 67.9 cm³/mol. The number of ether oxygens (including phenoxy) is 1. The van der Waals surface area contributed by atoms with E-state index in [2.05, 4.69) is 0 Å². The highest BCUT2D eigenvalue weighted by Gasteiger charge is 2.29. The minimum atomic E-state index is -1.36. The van der Waals surface area contributed by atoms with Gasteiger partial charge in [0.15, 0.2) is 11.7 Å². The van der Waals surface area contributed by atoms with Crippen molar-refractivity contribution >= 4 is 17.7 Å². The molecule has 1 N–H and O–H groups in total. The fraction of sp³-hybridized carbons (Fsp3) is 0.357. The van der Waals surface area contributed by atoms with Crippen molar-refractivity contribution in [1.29, 1.82) is 0 Å². The summed E-state index contributed by atoms with van der Waals surface area (Å²) in [4.78, 5) is 34.3. The van der Waals surface area contributed by atoms with E-state index in [4.69, 9.17) is 9.84 Å². The van der Waals surface area contributed by atoms with Crippen LogP contribution in [0.3, 0.4) is 0 Å². The Hall–Kier alpha value is -2.17. The average Bonchev–Trinajstić information content (AvgIpc) is 2.38. The summed E-state index contributed by atoms with van der Waals surface area (Å²) in [6.07, 6.45) is 0.144. The van der Waals surface area contributed by atoms with Crippen LogP contribution in [0.1, 0.15) is 29.3 Å². The molecule has 0 aliphatic rings. The molecule has 1 rings (SSSR count). The van der Waals surface area contributed by atoms with Gasteiger partial charge in [0.05, 0.1) is 0 Å². The van der Waals surface area contributed by atoms with Crippen molar-refractivity contribution in [2.75, 3.05) is 6.61 Å². The van der Waals surface area contributed by atoms with Crippen molar-refractivity contribution in [3.8, 4) is 0 Å². The molecule has 0 spiro atoms. The van der Waals surface area contributed by atoms with Gasteiger partial charge in [-0.1, -0.05) is 31.2 Å². The van der Waals surface area contributed by atoms with Crippen LogP contribution in [0.4, 0.5) is 0 Å². The Kier molecular flexibility index (Phi) is 5.23. The standard InChI is InChI=1S/C14H16O5/c1-3-12(15)19-8-11(14(17)18)13(16)10-7-5-4-6-9(10)2/h4-7,11H,3,8H2,1-2H3,(H,17,18). The summed E-state index contributed by atoms with van der Waals surface area (Å²) in [6.45, 7) is 2.89. The molecule has 5 heteroatoms. The van der Waals surface area contributed by atoms with Gasteiger partial charge in [0.25, 0.3) is 0 Å². The number of aryl methyl sites for hydroxylation is 1. The van der Waals surface area contributed by atoms with Crippen molar-refractivity contribution in [2.24, 2.45) is 5.92 Å². The number of carboxylic acids is 1. The number of carboxylic acid groups (broad SMARTS) is 1. The molecule has 1 aromatic rings. The number of hydrogen-bond donors (Lipinski definition) is 1. The van der Waals surface area contributed by atoms with Crippen LogP contribution in [0.5, 0.6) is 0 Å². The van der Waals surface area contributed by atoms with Gasteiger partial charge in [-0.25, -0.2) is 0 Å². The first-order chi connectivity index (χ1) is 8.97. The predicted octanol–water partition coefficient (Wildman–Crippen LogP) is 1.83. The van der Waals surface area contributed by atoms with E-state index in [0.717, 1.165) is 0 Å². The minimum Gasteiger partial charge on any atom is -0.481 e. The molecule has 0 aromatic heterocycles. The van der Waals surface area contributed by atoms with Gasteiger partial charge < -0.3 is 9.84 Å². The highest BCUT2D eigenvalue weighted by Crippen LogP contribution is 2.14. The third-order valence-electron chi connectivity index (χ3n) is 2.72. The van der Waals surface area contributed by atoms with Crippen molar-refractivity contribution in [1.82, 2.24) is 0 Å². The molecule has 0 bridgehead atoms. The Morgan fingerprint density at radius 3 is 2.42 bits per heavy atom. The highest BCUT2D eigenvalue weighted by molar-refractivity contribution is 6.09. The molecule has 0 heterocycles. The van der Waals surface area contributed by atoms with Gasteiger partial charge >= 0.3 is 11.9 Å². The quantitative estimate of drug-likeness (QED) is 0.481. The fourth-order valence-electron chi connectivity index (χ4n) is 1.57. The summed E-state index contributed by atoms with van der Waals surface area (Å²) < 4.78 is 4.76. The van der Waals surface area contributed by atoms with Gasteiger partial charge in [0.1, 0.15) is 6.61 Å². The van der Waals surface area contributed by atoms with Gasteiger partial charge in [0.2, 0.25) is 0 Å². The molecule has 1 aromatic carbocycles. The zero-order valence-corrected chi connectivity index (χ0v) is 10.9. The monoisotopic (exact) mass is 264 g/mol. The lowest BCUT2D eigenvalue weighted by Gasteiger charge is -2.13. The maximum absolute atomic E-state index is 12.1. The lowest BCUT2D eigenvalue weighted by atomic mass is 9.95. The van der Waals surface area contributed by atoms with Crippen LogP contribution in [0.25, 0.3) is 0 Å². The maximum atomic E-state index is 12.1. The highest BCUT2D eigenvalue weighted by atomic mass is 16.5. The van der Waals surface area contributed by atoms with Gasteiger partial charge in [0, 0.05) is 12.0 Å². The molecule has 1 atom stereocenters. The smallest absolute Gasteiger partial charge is 0.317 e. The van der Waals surface area contributed by atoms with Crippen LogP contribution >= 0.6 is 0 Å². The summed E-state index contributed by atoms with van der Waals surface area (Å²) in [5, 5.41) is 9.07. The molecule has 0 aliphatic heterocycles. The molecule has 0 radical (unpaired) electrons. The molecular weight excluding hydrogens is 248 g/mol. The van der Waals surface area contributed by atoms with E-state index in [1.54, 1.807) is 38.1 Å². The van der Waals surface area contributed by atoms with Crippen LogP contribution < -0.4 is 0 Å². The molecule has 19 heavy (non-hydrogen) atoms. The molecule has 0 aliphatic carbocycles.